The molecule has 2 aromatic carbocycles. The zero-order valence-corrected chi connectivity index (χ0v) is 12.8. The molecule has 0 aliphatic rings. The van der Waals surface area contributed by atoms with Crippen LogP contribution in [0.2, 0.25) is 0 Å². The Labute approximate surface area is 121 Å². The molecular formula is C16H16BrFO. The number of hydrogen-bond acceptors (Lipinski definition) is 1. The van der Waals surface area contributed by atoms with Gasteiger partial charge in [0.2, 0.25) is 0 Å². The number of halogens is 2. The highest BCUT2D eigenvalue weighted by molar-refractivity contribution is 9.10. The van der Waals surface area contributed by atoms with Crippen molar-refractivity contribution in [3.63, 3.8) is 0 Å². The van der Waals surface area contributed by atoms with E-state index in [4.69, 9.17) is 4.74 Å². The van der Waals surface area contributed by atoms with Crippen molar-refractivity contribution in [3.8, 4) is 5.75 Å². The van der Waals surface area contributed by atoms with Gasteiger partial charge >= 0.3 is 0 Å². The Bertz CT molecular complexity index is 608. The molecule has 0 aromatic heterocycles. The SMILES string of the molecule is COc1cc(C)c(Cc2cccc(C)c2F)cc1Br. The Morgan fingerprint density at radius 3 is 2.53 bits per heavy atom. The van der Waals surface area contributed by atoms with Crippen LogP contribution in [0.4, 0.5) is 4.39 Å². The Kier molecular flexibility index (Phi) is 4.25. The molecule has 0 radical (unpaired) electrons. The van der Waals surface area contributed by atoms with E-state index < -0.39 is 0 Å². The van der Waals surface area contributed by atoms with Crippen LogP contribution in [-0.4, -0.2) is 7.11 Å². The average molecular weight is 323 g/mol. The molecule has 1 nitrogen and oxygen atoms in total. The molecule has 2 aromatic rings. The molecule has 0 aliphatic heterocycles. The average Bonchev–Trinajstić information content (AvgIpc) is 2.38. The molecule has 3 heteroatoms. The number of methoxy groups -OCH3 is 1. The van der Waals surface area contributed by atoms with E-state index in [-0.39, 0.29) is 5.82 Å². The first-order valence-corrected chi connectivity index (χ1v) is 6.89. The summed E-state index contributed by atoms with van der Waals surface area (Å²) in [5, 5.41) is 0. The van der Waals surface area contributed by atoms with E-state index >= 15 is 0 Å². The van der Waals surface area contributed by atoms with Gasteiger partial charge in [-0.05, 0) is 64.2 Å². The van der Waals surface area contributed by atoms with Gasteiger partial charge in [0.15, 0.2) is 0 Å². The fourth-order valence-electron chi connectivity index (χ4n) is 2.09. The van der Waals surface area contributed by atoms with Gasteiger partial charge in [-0.15, -0.1) is 0 Å². The summed E-state index contributed by atoms with van der Waals surface area (Å²) in [4.78, 5) is 0. The minimum atomic E-state index is -0.117. The van der Waals surface area contributed by atoms with Crippen LogP contribution in [0, 0.1) is 19.7 Å². The second kappa shape index (κ2) is 5.74. The minimum Gasteiger partial charge on any atom is -0.496 e. The lowest BCUT2D eigenvalue weighted by molar-refractivity contribution is 0.411. The third-order valence-corrected chi connectivity index (χ3v) is 3.88. The molecule has 0 fully saturated rings. The Balaban J connectivity index is 2.38. The fourth-order valence-corrected chi connectivity index (χ4v) is 2.65. The van der Waals surface area contributed by atoms with Crippen molar-refractivity contribution in [3.05, 3.63) is 62.9 Å². The molecule has 0 amide bonds. The van der Waals surface area contributed by atoms with E-state index in [2.05, 4.69) is 15.9 Å². The van der Waals surface area contributed by atoms with Crippen LogP contribution in [0.15, 0.2) is 34.8 Å². The van der Waals surface area contributed by atoms with Crippen LogP contribution in [0.25, 0.3) is 0 Å². The topological polar surface area (TPSA) is 9.23 Å². The van der Waals surface area contributed by atoms with Gasteiger partial charge < -0.3 is 4.74 Å². The molecule has 0 N–H and O–H groups in total. The first-order chi connectivity index (χ1) is 9.02. The van der Waals surface area contributed by atoms with Crippen molar-refractivity contribution in [2.45, 2.75) is 20.3 Å². The highest BCUT2D eigenvalue weighted by Gasteiger charge is 2.10. The van der Waals surface area contributed by atoms with Crippen LogP contribution in [0.3, 0.4) is 0 Å². The molecule has 0 bridgehead atoms. The van der Waals surface area contributed by atoms with Gasteiger partial charge in [0.1, 0.15) is 11.6 Å². The number of hydrogen-bond donors (Lipinski definition) is 0. The van der Waals surface area contributed by atoms with Crippen molar-refractivity contribution in [1.29, 1.82) is 0 Å². The zero-order chi connectivity index (χ0) is 14.0. The van der Waals surface area contributed by atoms with Crippen LogP contribution < -0.4 is 4.74 Å². The first-order valence-electron chi connectivity index (χ1n) is 6.10. The molecule has 0 aliphatic carbocycles. The normalized spacial score (nSPS) is 10.6. The lowest BCUT2D eigenvalue weighted by atomic mass is 9.98. The number of ether oxygens (including phenoxy) is 1. The van der Waals surface area contributed by atoms with Crippen molar-refractivity contribution in [1.82, 2.24) is 0 Å². The van der Waals surface area contributed by atoms with Gasteiger partial charge in [-0.25, -0.2) is 4.39 Å². The van der Waals surface area contributed by atoms with Crippen LogP contribution in [0.5, 0.6) is 5.75 Å². The Hall–Kier alpha value is -1.35. The van der Waals surface area contributed by atoms with Gasteiger partial charge in [0, 0.05) is 6.42 Å². The summed E-state index contributed by atoms with van der Waals surface area (Å²) in [6.45, 7) is 3.80. The molecule has 0 saturated carbocycles. The minimum absolute atomic E-state index is 0.117. The first kappa shape index (κ1) is 14.1. The van der Waals surface area contributed by atoms with Gasteiger partial charge in [-0.2, -0.15) is 0 Å². The predicted octanol–water partition coefficient (Wildman–Crippen LogP) is 4.80. The van der Waals surface area contributed by atoms with Gasteiger partial charge in [-0.3, -0.25) is 0 Å². The smallest absolute Gasteiger partial charge is 0.133 e. The number of benzene rings is 2. The molecule has 0 unspecified atom stereocenters. The van der Waals surface area contributed by atoms with Gasteiger partial charge in [0.25, 0.3) is 0 Å². The highest BCUT2D eigenvalue weighted by Crippen LogP contribution is 2.30. The van der Waals surface area contributed by atoms with Crippen molar-refractivity contribution >= 4 is 15.9 Å². The second-order valence-corrected chi connectivity index (χ2v) is 5.49. The summed E-state index contributed by atoms with van der Waals surface area (Å²) in [6, 6.07) is 9.47. The van der Waals surface area contributed by atoms with Gasteiger partial charge in [0.05, 0.1) is 11.6 Å². The van der Waals surface area contributed by atoms with E-state index in [1.807, 2.05) is 31.2 Å². The van der Waals surface area contributed by atoms with E-state index in [1.165, 1.54) is 0 Å². The predicted molar refractivity (Wildman–Crippen MR) is 79.4 cm³/mol. The van der Waals surface area contributed by atoms with E-state index in [1.54, 1.807) is 20.1 Å². The lowest BCUT2D eigenvalue weighted by Crippen LogP contribution is -1.98. The Morgan fingerprint density at radius 2 is 1.84 bits per heavy atom. The summed E-state index contributed by atoms with van der Waals surface area (Å²) < 4.78 is 20.2. The van der Waals surface area contributed by atoms with E-state index in [9.17, 15) is 4.39 Å². The largest absolute Gasteiger partial charge is 0.496 e. The zero-order valence-electron chi connectivity index (χ0n) is 11.3. The third-order valence-electron chi connectivity index (χ3n) is 3.26. The number of rotatable bonds is 3. The number of aryl methyl sites for hydroxylation is 2. The van der Waals surface area contributed by atoms with E-state index in [0.717, 1.165) is 26.9 Å². The summed E-state index contributed by atoms with van der Waals surface area (Å²) in [5.74, 6) is 0.680. The lowest BCUT2D eigenvalue weighted by Gasteiger charge is -2.11. The highest BCUT2D eigenvalue weighted by atomic mass is 79.9. The van der Waals surface area contributed by atoms with Crippen molar-refractivity contribution < 1.29 is 9.13 Å². The summed E-state index contributed by atoms with van der Waals surface area (Å²) >= 11 is 3.47. The molecule has 19 heavy (non-hydrogen) atoms. The summed E-state index contributed by atoms with van der Waals surface area (Å²) in [5.41, 5.74) is 3.60. The molecule has 0 heterocycles. The molecular weight excluding hydrogens is 307 g/mol. The van der Waals surface area contributed by atoms with Crippen LogP contribution >= 0.6 is 15.9 Å². The third kappa shape index (κ3) is 2.98. The molecule has 0 spiro atoms. The fraction of sp³-hybridized carbons (Fsp3) is 0.250. The maximum absolute atomic E-state index is 14.0. The monoisotopic (exact) mass is 322 g/mol. The standard InChI is InChI=1S/C16H16BrFO/c1-10-5-4-6-12(16(10)18)8-13-9-14(17)15(19-3)7-11(13)2/h4-7,9H,8H2,1-3H3. The maximum atomic E-state index is 14.0. The maximum Gasteiger partial charge on any atom is 0.133 e. The van der Waals surface area contributed by atoms with Crippen LogP contribution in [-0.2, 0) is 6.42 Å². The molecule has 2 rings (SSSR count). The molecule has 100 valence electrons. The van der Waals surface area contributed by atoms with E-state index in [0.29, 0.717) is 12.0 Å². The summed E-state index contributed by atoms with van der Waals surface area (Å²) in [7, 11) is 1.64. The van der Waals surface area contributed by atoms with Crippen molar-refractivity contribution in [2.75, 3.05) is 7.11 Å². The Morgan fingerprint density at radius 1 is 1.11 bits per heavy atom. The van der Waals surface area contributed by atoms with Crippen molar-refractivity contribution in [2.24, 2.45) is 0 Å². The second-order valence-electron chi connectivity index (χ2n) is 4.64. The quantitative estimate of drug-likeness (QED) is 0.788. The van der Waals surface area contributed by atoms with Gasteiger partial charge in [-0.1, -0.05) is 18.2 Å². The molecule has 0 saturated heterocycles. The summed E-state index contributed by atoms with van der Waals surface area (Å²) in [6.07, 6.45) is 0.585. The molecule has 0 atom stereocenters. The van der Waals surface area contributed by atoms with Crippen LogP contribution in [0.1, 0.15) is 22.3 Å².